The number of ether oxygens (including phenoxy) is 1. The van der Waals surface area contributed by atoms with E-state index in [4.69, 9.17) is 10.8 Å². The van der Waals surface area contributed by atoms with E-state index in [1.807, 2.05) is 0 Å². The molecule has 0 bridgehead atoms. The van der Waals surface area contributed by atoms with Crippen LogP contribution < -0.4 is 5.73 Å². The molecule has 0 aliphatic carbocycles. The molecule has 6 heteroatoms. The van der Waals surface area contributed by atoms with E-state index < -0.39 is 12.0 Å². The lowest BCUT2D eigenvalue weighted by atomic mass is 10.3. The third-order valence-corrected chi connectivity index (χ3v) is 2.68. The molecule has 14 heavy (non-hydrogen) atoms. The maximum Gasteiger partial charge on any atom is 0.321 e. The van der Waals surface area contributed by atoms with Crippen LogP contribution in [0, 0.1) is 0 Å². The molecule has 0 aromatic rings. The molecular weight excluding hydrogens is 206 g/mol. The van der Waals surface area contributed by atoms with Crippen LogP contribution in [0.3, 0.4) is 0 Å². The molecule has 82 valence electrons. The molecule has 0 rings (SSSR count). The van der Waals surface area contributed by atoms with E-state index in [0.29, 0.717) is 18.6 Å². The van der Waals surface area contributed by atoms with Gasteiger partial charge in [-0.3, -0.25) is 9.59 Å². The minimum absolute atomic E-state index is 0.242. The molecule has 1 atom stereocenters. The summed E-state index contributed by atoms with van der Waals surface area (Å²) in [5.74, 6) is -0.148. The minimum atomic E-state index is -0.995. The SMILES string of the molecule is COC(=O)CCCSCC(N)C(=O)O. The van der Waals surface area contributed by atoms with Gasteiger partial charge in [0.15, 0.2) is 0 Å². The Bertz CT molecular complexity index is 198. The first-order chi connectivity index (χ1) is 6.57. The Morgan fingerprint density at radius 2 is 2.21 bits per heavy atom. The number of carbonyl (C=O) groups is 2. The van der Waals surface area contributed by atoms with E-state index in [9.17, 15) is 9.59 Å². The molecule has 0 heterocycles. The van der Waals surface area contributed by atoms with E-state index in [1.54, 1.807) is 0 Å². The van der Waals surface area contributed by atoms with Crippen molar-refractivity contribution < 1.29 is 19.4 Å². The highest BCUT2D eigenvalue weighted by Crippen LogP contribution is 2.06. The van der Waals surface area contributed by atoms with Crippen LogP contribution in [0.4, 0.5) is 0 Å². The van der Waals surface area contributed by atoms with Crippen molar-refractivity contribution in [2.45, 2.75) is 18.9 Å². The van der Waals surface area contributed by atoms with Gasteiger partial charge in [-0.2, -0.15) is 11.8 Å². The summed E-state index contributed by atoms with van der Waals surface area (Å²) in [7, 11) is 1.34. The summed E-state index contributed by atoms with van der Waals surface area (Å²) in [6, 6.07) is -0.821. The fourth-order valence-electron chi connectivity index (χ4n) is 0.702. The topological polar surface area (TPSA) is 89.6 Å². The van der Waals surface area contributed by atoms with Gasteiger partial charge < -0.3 is 15.6 Å². The van der Waals surface area contributed by atoms with Crippen LogP contribution in [0.1, 0.15) is 12.8 Å². The van der Waals surface area contributed by atoms with Crippen molar-refractivity contribution in [2.24, 2.45) is 5.73 Å². The van der Waals surface area contributed by atoms with E-state index in [0.717, 1.165) is 5.75 Å². The van der Waals surface area contributed by atoms with Gasteiger partial charge in [-0.25, -0.2) is 0 Å². The van der Waals surface area contributed by atoms with E-state index in [-0.39, 0.29) is 5.97 Å². The van der Waals surface area contributed by atoms with Gasteiger partial charge in [-0.05, 0) is 12.2 Å². The van der Waals surface area contributed by atoms with Crippen LogP contribution in [0.15, 0.2) is 0 Å². The summed E-state index contributed by atoms with van der Waals surface area (Å²) in [6.07, 6.45) is 1.05. The van der Waals surface area contributed by atoms with Crippen LogP contribution in [-0.2, 0) is 14.3 Å². The Labute approximate surface area is 87.0 Å². The van der Waals surface area contributed by atoms with E-state index in [1.165, 1.54) is 18.9 Å². The highest BCUT2D eigenvalue weighted by molar-refractivity contribution is 7.99. The second-order valence-electron chi connectivity index (χ2n) is 2.70. The maximum atomic E-state index is 10.7. The number of carbonyl (C=O) groups excluding carboxylic acids is 1. The Balaban J connectivity index is 3.30. The third-order valence-electron chi connectivity index (χ3n) is 1.51. The minimum Gasteiger partial charge on any atom is -0.480 e. The Kier molecular flexibility index (Phi) is 7.23. The molecule has 0 saturated heterocycles. The average Bonchev–Trinajstić information content (AvgIpc) is 2.16. The largest absolute Gasteiger partial charge is 0.480 e. The molecule has 0 amide bonds. The normalized spacial score (nSPS) is 12.1. The first-order valence-electron chi connectivity index (χ1n) is 4.21. The molecule has 0 spiro atoms. The highest BCUT2D eigenvalue weighted by Gasteiger charge is 2.10. The van der Waals surface area contributed by atoms with Gasteiger partial charge in [0.25, 0.3) is 0 Å². The van der Waals surface area contributed by atoms with Crippen molar-refractivity contribution in [3.63, 3.8) is 0 Å². The standard InChI is InChI=1S/C8H15NO4S/c1-13-7(10)3-2-4-14-5-6(9)8(11)12/h6H,2-5,9H2,1H3,(H,11,12). The number of carboxylic acid groups (broad SMARTS) is 1. The van der Waals surface area contributed by atoms with Gasteiger partial charge in [0.2, 0.25) is 0 Å². The lowest BCUT2D eigenvalue weighted by Crippen LogP contribution is -2.32. The van der Waals surface area contributed by atoms with Gasteiger partial charge in [0.05, 0.1) is 7.11 Å². The molecular formula is C8H15NO4S. The van der Waals surface area contributed by atoms with Crippen LogP contribution >= 0.6 is 11.8 Å². The fraction of sp³-hybridized carbons (Fsp3) is 0.750. The number of rotatable bonds is 7. The number of thioether (sulfide) groups is 1. The smallest absolute Gasteiger partial charge is 0.321 e. The quantitative estimate of drug-likeness (QED) is 0.467. The van der Waals surface area contributed by atoms with Crippen LogP contribution in [-0.4, -0.2) is 41.7 Å². The second kappa shape index (κ2) is 7.64. The number of carboxylic acids is 1. The molecule has 0 radical (unpaired) electrons. The molecule has 0 aliphatic heterocycles. The second-order valence-corrected chi connectivity index (χ2v) is 3.85. The van der Waals surface area contributed by atoms with Crippen molar-refractivity contribution in [1.29, 1.82) is 0 Å². The first kappa shape index (κ1) is 13.2. The highest BCUT2D eigenvalue weighted by atomic mass is 32.2. The molecule has 0 fully saturated rings. The molecule has 0 aromatic carbocycles. The number of nitrogens with two attached hydrogens (primary N) is 1. The van der Waals surface area contributed by atoms with Gasteiger partial charge in [0.1, 0.15) is 6.04 Å². The fourth-order valence-corrected chi connectivity index (χ4v) is 1.61. The van der Waals surface area contributed by atoms with Crippen molar-refractivity contribution in [3.8, 4) is 0 Å². The predicted molar refractivity (Wildman–Crippen MR) is 54.2 cm³/mol. The Hall–Kier alpha value is -0.750. The first-order valence-corrected chi connectivity index (χ1v) is 5.36. The summed E-state index contributed by atoms with van der Waals surface area (Å²) in [6.45, 7) is 0. The summed E-state index contributed by atoms with van der Waals surface area (Å²) >= 11 is 1.43. The summed E-state index contributed by atoms with van der Waals surface area (Å²) in [4.78, 5) is 21.0. The van der Waals surface area contributed by atoms with Crippen molar-refractivity contribution in [2.75, 3.05) is 18.6 Å². The Morgan fingerprint density at radius 1 is 1.57 bits per heavy atom. The predicted octanol–water partition coefficient (Wildman–Crippen LogP) is 0.0847. The number of hydrogen-bond acceptors (Lipinski definition) is 5. The van der Waals surface area contributed by atoms with Crippen molar-refractivity contribution in [3.05, 3.63) is 0 Å². The number of hydrogen-bond donors (Lipinski definition) is 2. The lowest BCUT2D eigenvalue weighted by molar-refractivity contribution is -0.140. The zero-order valence-electron chi connectivity index (χ0n) is 8.06. The van der Waals surface area contributed by atoms with Gasteiger partial charge in [-0.1, -0.05) is 0 Å². The number of methoxy groups -OCH3 is 1. The molecule has 1 unspecified atom stereocenters. The Morgan fingerprint density at radius 3 is 2.71 bits per heavy atom. The molecule has 0 aromatic heterocycles. The van der Waals surface area contributed by atoms with E-state index >= 15 is 0 Å². The summed E-state index contributed by atoms with van der Waals surface area (Å²) in [5, 5.41) is 8.45. The monoisotopic (exact) mass is 221 g/mol. The van der Waals surface area contributed by atoms with Crippen molar-refractivity contribution >= 4 is 23.7 Å². The number of esters is 1. The van der Waals surface area contributed by atoms with Crippen LogP contribution in [0.25, 0.3) is 0 Å². The number of aliphatic carboxylic acids is 1. The van der Waals surface area contributed by atoms with Crippen LogP contribution in [0.2, 0.25) is 0 Å². The molecule has 0 aliphatic rings. The molecule has 5 nitrogen and oxygen atoms in total. The summed E-state index contributed by atoms with van der Waals surface area (Å²) in [5.41, 5.74) is 5.27. The zero-order chi connectivity index (χ0) is 11.0. The summed E-state index contributed by atoms with van der Waals surface area (Å²) < 4.78 is 4.45. The van der Waals surface area contributed by atoms with E-state index in [2.05, 4.69) is 4.74 Å². The molecule has 3 N–H and O–H groups in total. The van der Waals surface area contributed by atoms with Gasteiger partial charge in [0, 0.05) is 12.2 Å². The van der Waals surface area contributed by atoms with Gasteiger partial charge in [-0.15, -0.1) is 0 Å². The maximum absolute atomic E-state index is 10.7. The lowest BCUT2D eigenvalue weighted by Gasteiger charge is -2.05. The molecule has 0 saturated carbocycles. The van der Waals surface area contributed by atoms with Gasteiger partial charge >= 0.3 is 11.9 Å². The van der Waals surface area contributed by atoms with Crippen molar-refractivity contribution in [1.82, 2.24) is 0 Å². The van der Waals surface area contributed by atoms with Crippen LogP contribution in [0.5, 0.6) is 0 Å². The average molecular weight is 221 g/mol. The third kappa shape index (κ3) is 6.73. The zero-order valence-corrected chi connectivity index (χ0v) is 8.88.